The van der Waals surface area contributed by atoms with Crippen LogP contribution in [-0.2, 0) is 11.2 Å². The van der Waals surface area contributed by atoms with Crippen LogP contribution in [0.25, 0.3) is 0 Å². The van der Waals surface area contributed by atoms with E-state index in [-0.39, 0.29) is 11.8 Å². The van der Waals surface area contributed by atoms with Gasteiger partial charge in [-0.25, -0.2) is 0 Å². The highest BCUT2D eigenvalue weighted by Crippen LogP contribution is 2.18. The predicted octanol–water partition coefficient (Wildman–Crippen LogP) is 3.08. The van der Waals surface area contributed by atoms with Crippen molar-refractivity contribution in [1.82, 2.24) is 4.90 Å². The molecular formula is C17H22N2O. The van der Waals surface area contributed by atoms with Crippen molar-refractivity contribution in [2.45, 2.75) is 39.0 Å². The molecule has 0 unspecified atom stereocenters. The molecule has 0 N–H and O–H groups in total. The number of amides is 1. The third-order valence-electron chi connectivity index (χ3n) is 4.13. The molecule has 1 aliphatic rings. The minimum Gasteiger partial charge on any atom is -0.343 e. The van der Waals surface area contributed by atoms with Gasteiger partial charge in [0.2, 0.25) is 5.91 Å². The Labute approximate surface area is 121 Å². The van der Waals surface area contributed by atoms with Crippen LogP contribution in [0.15, 0.2) is 24.3 Å². The van der Waals surface area contributed by atoms with Crippen LogP contribution in [0.4, 0.5) is 0 Å². The molecule has 0 spiro atoms. The lowest BCUT2D eigenvalue weighted by Crippen LogP contribution is -2.38. The molecule has 0 bridgehead atoms. The van der Waals surface area contributed by atoms with E-state index in [9.17, 15) is 4.79 Å². The van der Waals surface area contributed by atoms with Gasteiger partial charge < -0.3 is 4.90 Å². The normalized spacial score (nSPS) is 15.9. The van der Waals surface area contributed by atoms with Gasteiger partial charge in [0.05, 0.1) is 6.07 Å². The standard InChI is InChI=1S/C17H22N2O/c1-14-5-2-3-6-16(14)7-4-8-17(20)19-11-9-15(13-18)10-12-19/h2-3,5-6,15H,4,7-12H2,1H3. The second-order valence-electron chi connectivity index (χ2n) is 5.56. The van der Waals surface area contributed by atoms with Gasteiger partial charge in [0.25, 0.3) is 0 Å². The first-order chi connectivity index (χ1) is 9.70. The molecule has 1 aromatic carbocycles. The fourth-order valence-corrected chi connectivity index (χ4v) is 2.74. The average molecular weight is 270 g/mol. The number of aryl methyl sites for hydroxylation is 2. The summed E-state index contributed by atoms with van der Waals surface area (Å²) in [6.45, 7) is 3.62. The fraction of sp³-hybridized carbons (Fsp3) is 0.529. The van der Waals surface area contributed by atoms with E-state index in [1.807, 2.05) is 11.0 Å². The van der Waals surface area contributed by atoms with Crippen molar-refractivity contribution in [2.75, 3.05) is 13.1 Å². The van der Waals surface area contributed by atoms with Gasteiger partial charge in [-0.2, -0.15) is 5.26 Å². The molecule has 1 aliphatic heterocycles. The van der Waals surface area contributed by atoms with E-state index in [1.54, 1.807) is 0 Å². The quantitative estimate of drug-likeness (QED) is 0.844. The number of benzene rings is 1. The third-order valence-corrected chi connectivity index (χ3v) is 4.13. The summed E-state index contributed by atoms with van der Waals surface area (Å²) < 4.78 is 0. The van der Waals surface area contributed by atoms with Crippen molar-refractivity contribution in [3.63, 3.8) is 0 Å². The Kier molecular flexibility index (Phi) is 5.17. The molecule has 0 saturated carbocycles. The summed E-state index contributed by atoms with van der Waals surface area (Å²) in [7, 11) is 0. The maximum atomic E-state index is 12.1. The zero-order chi connectivity index (χ0) is 14.4. The predicted molar refractivity (Wildman–Crippen MR) is 79.0 cm³/mol. The number of likely N-dealkylation sites (tertiary alicyclic amines) is 1. The maximum absolute atomic E-state index is 12.1. The Morgan fingerprint density at radius 2 is 2.05 bits per heavy atom. The van der Waals surface area contributed by atoms with Gasteiger partial charge in [-0.1, -0.05) is 24.3 Å². The van der Waals surface area contributed by atoms with Crippen molar-refractivity contribution < 1.29 is 4.79 Å². The number of carbonyl (C=O) groups is 1. The van der Waals surface area contributed by atoms with Crippen LogP contribution < -0.4 is 0 Å². The van der Waals surface area contributed by atoms with Crippen molar-refractivity contribution in [2.24, 2.45) is 5.92 Å². The van der Waals surface area contributed by atoms with Crippen LogP contribution in [0.3, 0.4) is 0 Å². The first kappa shape index (κ1) is 14.6. The lowest BCUT2D eigenvalue weighted by atomic mass is 9.98. The zero-order valence-electron chi connectivity index (χ0n) is 12.1. The molecule has 1 saturated heterocycles. The smallest absolute Gasteiger partial charge is 0.222 e. The Morgan fingerprint density at radius 3 is 2.70 bits per heavy atom. The van der Waals surface area contributed by atoms with Crippen molar-refractivity contribution in [1.29, 1.82) is 5.26 Å². The van der Waals surface area contributed by atoms with E-state index in [4.69, 9.17) is 5.26 Å². The molecule has 0 radical (unpaired) electrons. The van der Waals surface area contributed by atoms with Gasteiger partial charge >= 0.3 is 0 Å². The zero-order valence-corrected chi connectivity index (χ0v) is 12.1. The van der Waals surface area contributed by atoms with Gasteiger partial charge in [0.1, 0.15) is 0 Å². The van der Waals surface area contributed by atoms with Crippen LogP contribution in [0.2, 0.25) is 0 Å². The number of nitriles is 1. The summed E-state index contributed by atoms with van der Waals surface area (Å²) in [5.74, 6) is 0.390. The van der Waals surface area contributed by atoms with Gasteiger partial charge in [-0.05, 0) is 43.7 Å². The molecule has 0 aromatic heterocycles. The lowest BCUT2D eigenvalue weighted by molar-refractivity contribution is -0.132. The highest BCUT2D eigenvalue weighted by atomic mass is 16.2. The third kappa shape index (κ3) is 3.84. The molecule has 3 heteroatoms. The Bertz CT molecular complexity index is 496. The maximum Gasteiger partial charge on any atom is 0.222 e. The molecule has 20 heavy (non-hydrogen) atoms. The van der Waals surface area contributed by atoms with E-state index in [0.717, 1.165) is 38.8 Å². The van der Waals surface area contributed by atoms with Crippen LogP contribution in [-0.4, -0.2) is 23.9 Å². The first-order valence-corrected chi connectivity index (χ1v) is 7.42. The highest BCUT2D eigenvalue weighted by Gasteiger charge is 2.21. The van der Waals surface area contributed by atoms with Crippen molar-refractivity contribution >= 4 is 5.91 Å². The molecule has 1 heterocycles. The summed E-state index contributed by atoms with van der Waals surface area (Å²) in [4.78, 5) is 14.0. The van der Waals surface area contributed by atoms with Crippen LogP contribution >= 0.6 is 0 Å². The second kappa shape index (κ2) is 7.09. The Hall–Kier alpha value is -1.82. The number of hydrogen-bond donors (Lipinski definition) is 0. The van der Waals surface area contributed by atoms with Crippen LogP contribution in [0.5, 0.6) is 0 Å². The number of nitrogens with zero attached hydrogens (tertiary/aromatic N) is 2. The van der Waals surface area contributed by atoms with E-state index in [2.05, 4.69) is 31.2 Å². The molecule has 1 aromatic rings. The minimum absolute atomic E-state index is 0.144. The molecule has 1 fully saturated rings. The van der Waals surface area contributed by atoms with Crippen molar-refractivity contribution in [3.05, 3.63) is 35.4 Å². The number of rotatable bonds is 4. The average Bonchev–Trinajstić information content (AvgIpc) is 2.49. The monoisotopic (exact) mass is 270 g/mol. The fourth-order valence-electron chi connectivity index (χ4n) is 2.74. The number of hydrogen-bond acceptors (Lipinski definition) is 2. The van der Waals surface area contributed by atoms with Gasteiger partial charge in [0.15, 0.2) is 0 Å². The molecule has 0 aliphatic carbocycles. The summed E-state index contributed by atoms with van der Waals surface area (Å²) in [6.07, 6.45) is 4.15. The Balaban J connectivity index is 1.74. The van der Waals surface area contributed by atoms with E-state index in [0.29, 0.717) is 6.42 Å². The largest absolute Gasteiger partial charge is 0.343 e. The molecule has 0 atom stereocenters. The summed E-state index contributed by atoms with van der Waals surface area (Å²) in [5.41, 5.74) is 2.64. The second-order valence-corrected chi connectivity index (χ2v) is 5.56. The Morgan fingerprint density at radius 1 is 1.35 bits per heavy atom. The molecule has 1 amide bonds. The summed E-state index contributed by atoms with van der Waals surface area (Å²) in [5, 5.41) is 8.86. The van der Waals surface area contributed by atoms with Gasteiger partial charge in [-0.15, -0.1) is 0 Å². The highest BCUT2D eigenvalue weighted by molar-refractivity contribution is 5.76. The minimum atomic E-state index is 0.144. The topological polar surface area (TPSA) is 44.1 Å². The molecule has 106 valence electrons. The van der Waals surface area contributed by atoms with Crippen LogP contribution in [0.1, 0.15) is 36.8 Å². The molecular weight excluding hydrogens is 248 g/mol. The van der Waals surface area contributed by atoms with E-state index < -0.39 is 0 Å². The molecule has 2 rings (SSSR count). The lowest BCUT2D eigenvalue weighted by Gasteiger charge is -2.29. The van der Waals surface area contributed by atoms with E-state index >= 15 is 0 Å². The number of carbonyl (C=O) groups excluding carboxylic acids is 1. The first-order valence-electron chi connectivity index (χ1n) is 7.42. The summed E-state index contributed by atoms with van der Waals surface area (Å²) in [6, 6.07) is 10.6. The van der Waals surface area contributed by atoms with Crippen LogP contribution in [0, 0.1) is 24.2 Å². The number of piperidine rings is 1. The molecule has 3 nitrogen and oxygen atoms in total. The van der Waals surface area contributed by atoms with E-state index in [1.165, 1.54) is 11.1 Å². The van der Waals surface area contributed by atoms with Gasteiger partial charge in [0, 0.05) is 25.4 Å². The van der Waals surface area contributed by atoms with Crippen molar-refractivity contribution in [3.8, 4) is 6.07 Å². The SMILES string of the molecule is Cc1ccccc1CCCC(=O)N1CCC(C#N)CC1. The summed E-state index contributed by atoms with van der Waals surface area (Å²) >= 11 is 0. The van der Waals surface area contributed by atoms with Gasteiger partial charge in [-0.3, -0.25) is 4.79 Å².